The fourth-order valence-electron chi connectivity index (χ4n) is 2.82. The first-order chi connectivity index (χ1) is 13.0. The van der Waals surface area contributed by atoms with Crippen molar-refractivity contribution in [3.05, 3.63) is 35.7 Å². The van der Waals surface area contributed by atoms with Gasteiger partial charge in [0.1, 0.15) is 17.1 Å². The van der Waals surface area contributed by atoms with Crippen molar-refractivity contribution in [2.75, 3.05) is 18.1 Å². The lowest BCUT2D eigenvalue weighted by atomic mass is 10.0. The molecule has 0 saturated carbocycles. The predicted molar refractivity (Wildman–Crippen MR) is 103 cm³/mol. The van der Waals surface area contributed by atoms with Gasteiger partial charge in [0.2, 0.25) is 0 Å². The molecular formula is C17H20N4O4S2. The van der Waals surface area contributed by atoms with Crippen LogP contribution in [0.5, 0.6) is 0 Å². The molecule has 3 heterocycles. The summed E-state index contributed by atoms with van der Waals surface area (Å²) in [5.74, 6) is -0.585. The standard InChI is InChI=1S/C17H20N4O4S2/c1-2-6-19-17(25)20-12-14(22)21-13(16(23)24)10(9-27-15(12)21)8-26-11-5-3-4-7-18-11/h3-5,7,12,15H,2,6,8-9H2,1H3,(H,23,24)(H2,19,20,25)/t12?,15-/m0/s1. The minimum Gasteiger partial charge on any atom is -0.477 e. The fourth-order valence-corrected chi connectivity index (χ4v) is 5.16. The number of carbonyl (C=O) groups excluding carboxylic acids is 2. The number of nitrogens with zero attached hydrogens (tertiary/aromatic N) is 2. The van der Waals surface area contributed by atoms with E-state index in [9.17, 15) is 19.5 Å². The lowest BCUT2D eigenvalue weighted by Crippen LogP contribution is -2.71. The summed E-state index contributed by atoms with van der Waals surface area (Å²) in [6.45, 7) is 2.45. The summed E-state index contributed by atoms with van der Waals surface area (Å²) >= 11 is 2.90. The van der Waals surface area contributed by atoms with Crippen molar-refractivity contribution in [2.45, 2.75) is 29.8 Å². The average molecular weight is 409 g/mol. The zero-order valence-corrected chi connectivity index (χ0v) is 16.3. The lowest BCUT2D eigenvalue weighted by molar-refractivity contribution is -0.148. The first kappa shape index (κ1) is 19.6. The first-order valence-electron chi connectivity index (χ1n) is 8.51. The minimum atomic E-state index is -1.13. The van der Waals surface area contributed by atoms with Gasteiger partial charge >= 0.3 is 12.0 Å². The molecule has 3 amide bonds. The van der Waals surface area contributed by atoms with Gasteiger partial charge in [-0.2, -0.15) is 0 Å². The van der Waals surface area contributed by atoms with Crippen LogP contribution in [-0.2, 0) is 9.59 Å². The zero-order chi connectivity index (χ0) is 19.4. The van der Waals surface area contributed by atoms with Crippen LogP contribution in [0.3, 0.4) is 0 Å². The van der Waals surface area contributed by atoms with E-state index in [0.29, 0.717) is 23.6 Å². The van der Waals surface area contributed by atoms with E-state index >= 15 is 0 Å². The van der Waals surface area contributed by atoms with Gasteiger partial charge in [-0.15, -0.1) is 23.5 Å². The summed E-state index contributed by atoms with van der Waals surface area (Å²) in [6, 6.07) is 4.43. The third-order valence-corrected chi connectivity index (χ3v) is 6.47. The van der Waals surface area contributed by atoms with E-state index in [2.05, 4.69) is 15.6 Å². The fraction of sp³-hybridized carbons (Fsp3) is 0.412. The second kappa shape index (κ2) is 8.66. The van der Waals surface area contributed by atoms with E-state index in [-0.39, 0.29) is 11.1 Å². The number of pyridine rings is 1. The summed E-state index contributed by atoms with van der Waals surface area (Å²) in [4.78, 5) is 41.6. The molecule has 1 unspecified atom stereocenters. The number of aliphatic carboxylic acids is 1. The molecule has 3 rings (SSSR count). The molecule has 1 aromatic rings. The number of nitrogens with one attached hydrogen (secondary N) is 2. The molecule has 2 atom stereocenters. The lowest BCUT2D eigenvalue weighted by Gasteiger charge is -2.49. The number of aromatic nitrogens is 1. The van der Waals surface area contributed by atoms with E-state index in [1.54, 1.807) is 6.20 Å². The van der Waals surface area contributed by atoms with Crippen LogP contribution in [0, 0.1) is 0 Å². The third-order valence-electron chi connectivity index (χ3n) is 4.10. The third kappa shape index (κ3) is 4.22. The van der Waals surface area contributed by atoms with Crippen LogP contribution in [0.4, 0.5) is 4.79 Å². The molecule has 0 aromatic carbocycles. The predicted octanol–water partition coefficient (Wildman–Crippen LogP) is 1.51. The number of carboxylic acid groups (broad SMARTS) is 1. The van der Waals surface area contributed by atoms with Gasteiger partial charge in [-0.1, -0.05) is 13.0 Å². The zero-order valence-electron chi connectivity index (χ0n) is 14.7. The number of hydrogen-bond donors (Lipinski definition) is 3. The molecule has 27 heavy (non-hydrogen) atoms. The summed E-state index contributed by atoms with van der Waals surface area (Å²) in [7, 11) is 0. The van der Waals surface area contributed by atoms with Crippen LogP contribution < -0.4 is 10.6 Å². The highest BCUT2D eigenvalue weighted by Crippen LogP contribution is 2.41. The van der Waals surface area contributed by atoms with Crippen LogP contribution in [0.1, 0.15) is 13.3 Å². The van der Waals surface area contributed by atoms with Gasteiger partial charge in [-0.3, -0.25) is 9.69 Å². The molecular weight excluding hydrogens is 388 g/mol. The number of thioether (sulfide) groups is 2. The Labute approximate surface area is 165 Å². The number of carbonyl (C=O) groups is 3. The summed E-state index contributed by atoms with van der Waals surface area (Å²) in [5, 5.41) is 15.4. The number of β-lactam (4-membered cyclic amide) rings is 1. The maximum absolute atomic E-state index is 12.5. The smallest absolute Gasteiger partial charge is 0.352 e. The Morgan fingerprint density at radius 3 is 2.93 bits per heavy atom. The number of urea groups is 1. The molecule has 1 saturated heterocycles. The molecule has 144 valence electrons. The Morgan fingerprint density at radius 1 is 1.44 bits per heavy atom. The average Bonchev–Trinajstić information content (AvgIpc) is 2.68. The summed E-state index contributed by atoms with van der Waals surface area (Å²) in [5.41, 5.74) is 0.709. The van der Waals surface area contributed by atoms with Crippen molar-refractivity contribution in [1.29, 1.82) is 0 Å². The van der Waals surface area contributed by atoms with Gasteiger partial charge in [0.15, 0.2) is 0 Å². The van der Waals surface area contributed by atoms with E-state index in [4.69, 9.17) is 0 Å². The largest absolute Gasteiger partial charge is 0.477 e. The number of amides is 3. The molecule has 8 nitrogen and oxygen atoms in total. The Morgan fingerprint density at radius 2 is 2.26 bits per heavy atom. The van der Waals surface area contributed by atoms with Gasteiger partial charge in [0.25, 0.3) is 5.91 Å². The Balaban J connectivity index is 1.69. The van der Waals surface area contributed by atoms with Crippen molar-refractivity contribution in [1.82, 2.24) is 20.5 Å². The van der Waals surface area contributed by atoms with Gasteiger partial charge in [0.05, 0.1) is 5.03 Å². The van der Waals surface area contributed by atoms with E-state index in [1.165, 1.54) is 28.4 Å². The topological polar surface area (TPSA) is 112 Å². The van der Waals surface area contributed by atoms with Gasteiger partial charge in [0, 0.05) is 24.2 Å². The normalized spacial score (nSPS) is 21.4. The van der Waals surface area contributed by atoms with Crippen molar-refractivity contribution in [3.8, 4) is 0 Å². The van der Waals surface area contributed by atoms with Gasteiger partial charge in [-0.25, -0.2) is 14.6 Å². The van der Waals surface area contributed by atoms with E-state index < -0.39 is 23.9 Å². The number of rotatable bonds is 7. The second-order valence-electron chi connectivity index (χ2n) is 6.00. The molecule has 1 aromatic heterocycles. The summed E-state index contributed by atoms with van der Waals surface area (Å²) < 4.78 is 0. The molecule has 0 aliphatic carbocycles. The van der Waals surface area contributed by atoms with Gasteiger partial charge in [-0.05, 0) is 24.1 Å². The molecule has 0 spiro atoms. The summed E-state index contributed by atoms with van der Waals surface area (Å²) in [6.07, 6.45) is 2.47. The van der Waals surface area contributed by atoms with Crippen molar-refractivity contribution < 1.29 is 19.5 Å². The molecule has 2 aliphatic heterocycles. The molecule has 3 N–H and O–H groups in total. The maximum Gasteiger partial charge on any atom is 0.352 e. The molecule has 0 radical (unpaired) electrons. The van der Waals surface area contributed by atoms with E-state index in [0.717, 1.165) is 11.4 Å². The van der Waals surface area contributed by atoms with E-state index in [1.807, 2.05) is 25.1 Å². The molecule has 1 fully saturated rings. The van der Waals surface area contributed by atoms with Crippen LogP contribution in [0.15, 0.2) is 40.7 Å². The minimum absolute atomic E-state index is 0.0270. The Kier molecular flexibility index (Phi) is 6.27. The van der Waals surface area contributed by atoms with Gasteiger partial charge < -0.3 is 15.7 Å². The van der Waals surface area contributed by atoms with Crippen molar-refractivity contribution in [3.63, 3.8) is 0 Å². The molecule has 2 aliphatic rings. The molecule has 0 bridgehead atoms. The first-order valence-corrected chi connectivity index (χ1v) is 10.5. The monoisotopic (exact) mass is 408 g/mol. The Hall–Kier alpha value is -2.20. The maximum atomic E-state index is 12.5. The molecule has 10 heteroatoms. The van der Waals surface area contributed by atoms with Crippen LogP contribution >= 0.6 is 23.5 Å². The van der Waals surface area contributed by atoms with Crippen LogP contribution in [-0.4, -0.2) is 62.4 Å². The van der Waals surface area contributed by atoms with Crippen molar-refractivity contribution >= 4 is 41.4 Å². The quantitative estimate of drug-likeness (QED) is 0.463. The second-order valence-corrected chi connectivity index (χ2v) is 8.10. The van der Waals surface area contributed by atoms with Crippen LogP contribution in [0.2, 0.25) is 0 Å². The Bertz CT molecular complexity index is 771. The van der Waals surface area contributed by atoms with Crippen molar-refractivity contribution in [2.24, 2.45) is 0 Å². The highest BCUT2D eigenvalue weighted by molar-refractivity contribution is 8.01. The highest BCUT2D eigenvalue weighted by Gasteiger charge is 2.54. The van der Waals surface area contributed by atoms with Crippen LogP contribution in [0.25, 0.3) is 0 Å². The number of carboxylic acids is 1. The number of hydrogen-bond acceptors (Lipinski definition) is 6. The highest BCUT2D eigenvalue weighted by atomic mass is 32.2. The SMILES string of the molecule is CCCNC(=O)NC1C(=O)N2C(C(=O)O)=C(CSc3ccccn3)CS[C@@H]12. The number of fused-ring (bicyclic) bond motifs is 1.